The van der Waals surface area contributed by atoms with E-state index in [9.17, 15) is 0 Å². The molecule has 16 heavy (non-hydrogen) atoms. The molecule has 2 aromatic rings. The molecule has 1 N–H and O–H groups in total. The van der Waals surface area contributed by atoms with Gasteiger partial charge < -0.3 is 5.32 Å². The lowest BCUT2D eigenvalue weighted by atomic mass is 10.2. The van der Waals surface area contributed by atoms with Crippen LogP contribution in [0.15, 0.2) is 23.2 Å². The van der Waals surface area contributed by atoms with Crippen molar-refractivity contribution >= 4 is 28.6 Å². The van der Waals surface area contributed by atoms with Crippen LogP contribution < -0.4 is 5.32 Å². The quantitative estimate of drug-likeness (QED) is 0.848. The largest absolute Gasteiger partial charge is 0.376 e. The van der Waals surface area contributed by atoms with Crippen LogP contribution in [-0.2, 0) is 0 Å². The van der Waals surface area contributed by atoms with Crippen LogP contribution in [0.2, 0.25) is 5.15 Å². The van der Waals surface area contributed by atoms with Gasteiger partial charge in [-0.05, 0) is 25.5 Å². The summed E-state index contributed by atoms with van der Waals surface area (Å²) in [5.41, 5.74) is 4.80. The molecule has 0 amide bonds. The van der Waals surface area contributed by atoms with Crippen LogP contribution >= 0.6 is 22.9 Å². The van der Waals surface area contributed by atoms with Crippen molar-refractivity contribution in [1.82, 2.24) is 9.97 Å². The number of rotatable bonds is 3. The van der Waals surface area contributed by atoms with Gasteiger partial charge in [0.1, 0.15) is 5.15 Å². The molecule has 5 heteroatoms. The van der Waals surface area contributed by atoms with E-state index in [0.29, 0.717) is 5.15 Å². The summed E-state index contributed by atoms with van der Waals surface area (Å²) in [5, 5.41) is 5.92. The number of aryl methyl sites for hydroxylation is 1. The first-order chi connectivity index (χ1) is 7.66. The van der Waals surface area contributed by atoms with Gasteiger partial charge in [-0.15, -0.1) is 11.3 Å². The van der Waals surface area contributed by atoms with E-state index >= 15 is 0 Å². The zero-order valence-electron chi connectivity index (χ0n) is 9.07. The van der Waals surface area contributed by atoms with Crippen LogP contribution in [0.5, 0.6) is 0 Å². The van der Waals surface area contributed by atoms with Crippen LogP contribution in [0, 0.1) is 6.92 Å². The standard InChI is InChI=1S/C11H12ClN3S/c1-7-3-9(4-13-11(7)12)15-8(2)10-5-16-6-14-10/h3-6,8,15H,1-2H3. The average molecular weight is 254 g/mol. The zero-order valence-corrected chi connectivity index (χ0v) is 10.6. The molecule has 1 atom stereocenters. The van der Waals surface area contributed by atoms with Crippen LogP contribution in [0.25, 0.3) is 0 Å². The molecule has 2 rings (SSSR count). The minimum Gasteiger partial charge on any atom is -0.376 e. The third kappa shape index (κ3) is 2.51. The molecule has 3 nitrogen and oxygen atoms in total. The number of thiazole rings is 1. The second-order valence-corrected chi connectivity index (χ2v) is 4.69. The van der Waals surface area contributed by atoms with E-state index in [-0.39, 0.29) is 6.04 Å². The SMILES string of the molecule is Cc1cc(NC(C)c2cscn2)cnc1Cl. The van der Waals surface area contributed by atoms with Crippen molar-refractivity contribution in [3.63, 3.8) is 0 Å². The summed E-state index contributed by atoms with van der Waals surface area (Å²) in [6.07, 6.45) is 1.73. The van der Waals surface area contributed by atoms with Gasteiger partial charge in [0, 0.05) is 5.38 Å². The second-order valence-electron chi connectivity index (χ2n) is 3.61. The van der Waals surface area contributed by atoms with Crippen LogP contribution in [0.3, 0.4) is 0 Å². The van der Waals surface area contributed by atoms with Gasteiger partial charge in [-0.3, -0.25) is 0 Å². The summed E-state index contributed by atoms with van der Waals surface area (Å²) in [5.74, 6) is 0. The van der Waals surface area contributed by atoms with E-state index in [0.717, 1.165) is 16.9 Å². The van der Waals surface area contributed by atoms with Crippen molar-refractivity contribution < 1.29 is 0 Å². The molecule has 2 heterocycles. The summed E-state index contributed by atoms with van der Waals surface area (Å²) in [7, 11) is 0. The van der Waals surface area contributed by atoms with Gasteiger partial charge >= 0.3 is 0 Å². The monoisotopic (exact) mass is 253 g/mol. The molecule has 0 aliphatic heterocycles. The van der Waals surface area contributed by atoms with Crippen molar-refractivity contribution in [2.45, 2.75) is 19.9 Å². The predicted molar refractivity (Wildman–Crippen MR) is 68.1 cm³/mol. The molecule has 0 fully saturated rings. The number of hydrogen-bond donors (Lipinski definition) is 1. The van der Waals surface area contributed by atoms with Crippen molar-refractivity contribution in [3.05, 3.63) is 39.6 Å². The number of nitrogens with one attached hydrogen (secondary N) is 1. The number of nitrogens with zero attached hydrogens (tertiary/aromatic N) is 2. The summed E-state index contributed by atoms with van der Waals surface area (Å²) in [6.45, 7) is 4.01. The molecule has 84 valence electrons. The Hall–Kier alpha value is -1.13. The Labute approximate surface area is 104 Å². The Morgan fingerprint density at radius 3 is 2.88 bits per heavy atom. The third-order valence-corrected chi connectivity index (χ3v) is 3.29. The molecular weight excluding hydrogens is 242 g/mol. The van der Waals surface area contributed by atoms with Crippen molar-refractivity contribution in [3.8, 4) is 0 Å². The van der Waals surface area contributed by atoms with Crippen LogP contribution in [0.4, 0.5) is 5.69 Å². The normalized spacial score (nSPS) is 12.4. The van der Waals surface area contributed by atoms with E-state index in [1.54, 1.807) is 17.5 Å². The number of pyridine rings is 1. The predicted octanol–water partition coefficient (Wildman–Crippen LogP) is 3.67. The molecular formula is C11H12ClN3S. The zero-order chi connectivity index (χ0) is 11.5. The van der Waals surface area contributed by atoms with E-state index in [2.05, 4.69) is 22.2 Å². The van der Waals surface area contributed by atoms with Gasteiger partial charge in [-0.2, -0.15) is 0 Å². The maximum absolute atomic E-state index is 5.87. The highest BCUT2D eigenvalue weighted by Gasteiger charge is 2.07. The summed E-state index contributed by atoms with van der Waals surface area (Å²) < 4.78 is 0. The van der Waals surface area contributed by atoms with Gasteiger partial charge in [0.05, 0.1) is 29.1 Å². The fourth-order valence-corrected chi connectivity index (χ4v) is 2.15. The second kappa shape index (κ2) is 4.80. The Morgan fingerprint density at radius 2 is 2.25 bits per heavy atom. The van der Waals surface area contributed by atoms with E-state index in [1.165, 1.54) is 0 Å². The van der Waals surface area contributed by atoms with Crippen molar-refractivity contribution in [2.75, 3.05) is 5.32 Å². The maximum atomic E-state index is 5.87. The lowest BCUT2D eigenvalue weighted by molar-refractivity contribution is 0.848. The highest BCUT2D eigenvalue weighted by Crippen LogP contribution is 2.21. The smallest absolute Gasteiger partial charge is 0.132 e. The van der Waals surface area contributed by atoms with E-state index < -0.39 is 0 Å². The van der Waals surface area contributed by atoms with E-state index in [1.807, 2.05) is 23.9 Å². The molecule has 0 aliphatic carbocycles. The van der Waals surface area contributed by atoms with Gasteiger partial charge in [0.2, 0.25) is 0 Å². The van der Waals surface area contributed by atoms with Crippen LogP contribution in [-0.4, -0.2) is 9.97 Å². The molecule has 1 unspecified atom stereocenters. The molecule has 2 aromatic heterocycles. The lowest BCUT2D eigenvalue weighted by Gasteiger charge is -2.13. The summed E-state index contributed by atoms with van der Waals surface area (Å²) in [4.78, 5) is 8.36. The van der Waals surface area contributed by atoms with Gasteiger partial charge in [-0.1, -0.05) is 11.6 Å². The molecule has 0 spiro atoms. The maximum Gasteiger partial charge on any atom is 0.132 e. The Kier molecular flexibility index (Phi) is 3.41. The minimum absolute atomic E-state index is 0.175. The first-order valence-corrected chi connectivity index (χ1v) is 6.25. The molecule has 0 saturated heterocycles. The molecule has 0 saturated carbocycles. The lowest BCUT2D eigenvalue weighted by Crippen LogP contribution is -2.07. The first-order valence-electron chi connectivity index (χ1n) is 4.93. The highest BCUT2D eigenvalue weighted by atomic mass is 35.5. The number of aromatic nitrogens is 2. The third-order valence-electron chi connectivity index (χ3n) is 2.29. The first kappa shape index (κ1) is 11.4. The molecule has 0 bridgehead atoms. The van der Waals surface area contributed by atoms with Crippen molar-refractivity contribution in [1.29, 1.82) is 0 Å². The number of anilines is 1. The fourth-order valence-electron chi connectivity index (χ4n) is 1.40. The number of halogens is 1. The van der Waals surface area contributed by atoms with E-state index in [4.69, 9.17) is 11.6 Å². The average Bonchev–Trinajstić information content (AvgIpc) is 2.77. The summed E-state index contributed by atoms with van der Waals surface area (Å²) in [6, 6.07) is 2.16. The summed E-state index contributed by atoms with van der Waals surface area (Å²) >= 11 is 7.46. The van der Waals surface area contributed by atoms with Gasteiger partial charge in [-0.25, -0.2) is 9.97 Å². The van der Waals surface area contributed by atoms with Gasteiger partial charge in [0.15, 0.2) is 0 Å². The molecule has 0 aliphatic rings. The Morgan fingerprint density at radius 1 is 1.44 bits per heavy atom. The Balaban J connectivity index is 2.12. The van der Waals surface area contributed by atoms with Crippen LogP contribution in [0.1, 0.15) is 24.2 Å². The highest BCUT2D eigenvalue weighted by molar-refractivity contribution is 7.07. The Bertz CT molecular complexity index is 470. The minimum atomic E-state index is 0.175. The van der Waals surface area contributed by atoms with Gasteiger partial charge in [0.25, 0.3) is 0 Å². The topological polar surface area (TPSA) is 37.8 Å². The van der Waals surface area contributed by atoms with Crippen molar-refractivity contribution in [2.24, 2.45) is 0 Å². The number of hydrogen-bond acceptors (Lipinski definition) is 4. The fraction of sp³-hybridized carbons (Fsp3) is 0.273. The molecule has 0 aromatic carbocycles. The molecule has 0 radical (unpaired) electrons.